The van der Waals surface area contributed by atoms with Crippen molar-refractivity contribution in [3.05, 3.63) is 24.8 Å². The third-order valence-corrected chi connectivity index (χ3v) is 3.85. The van der Waals surface area contributed by atoms with Crippen LogP contribution in [0.4, 0.5) is 0 Å². The number of rotatable bonds is 6. The van der Waals surface area contributed by atoms with E-state index in [0.717, 1.165) is 6.42 Å². The van der Waals surface area contributed by atoms with Gasteiger partial charge in [0.2, 0.25) is 0 Å². The molecule has 0 bridgehead atoms. The van der Waals surface area contributed by atoms with Gasteiger partial charge in [-0.05, 0) is 37.0 Å². The second-order valence-corrected chi connectivity index (χ2v) is 5.00. The average Bonchev–Trinajstić information content (AvgIpc) is 2.33. The number of aliphatic carboxylic acids is 1. The van der Waals surface area contributed by atoms with Gasteiger partial charge in [0.1, 0.15) is 0 Å². The van der Waals surface area contributed by atoms with E-state index in [9.17, 15) is 4.79 Å². The maximum Gasteiger partial charge on any atom is 0.327 e. The Morgan fingerprint density at radius 1 is 1.41 bits per heavy atom. The predicted octanol–water partition coefficient (Wildman–Crippen LogP) is 4.04. The molecule has 0 aromatic carbocycles. The lowest BCUT2D eigenvalue weighted by Gasteiger charge is -2.35. The molecule has 0 amide bonds. The molecule has 0 aromatic heterocycles. The quantitative estimate of drug-likeness (QED) is 0.558. The van der Waals surface area contributed by atoms with Crippen LogP contribution >= 0.6 is 0 Å². The number of unbranched alkanes of at least 4 members (excludes halogenated alkanes) is 1. The molecule has 1 fully saturated rings. The van der Waals surface area contributed by atoms with Crippen LogP contribution in [0.25, 0.3) is 0 Å². The Hall–Kier alpha value is -1.05. The van der Waals surface area contributed by atoms with Crippen molar-refractivity contribution < 1.29 is 9.90 Å². The van der Waals surface area contributed by atoms with Crippen molar-refractivity contribution in [2.75, 3.05) is 0 Å². The van der Waals surface area contributed by atoms with Gasteiger partial charge in [0, 0.05) is 6.08 Å². The predicted molar refractivity (Wildman–Crippen MR) is 70.8 cm³/mol. The molecule has 0 saturated heterocycles. The number of carbonyl (C=O) groups is 1. The van der Waals surface area contributed by atoms with Crippen LogP contribution in [0.5, 0.6) is 0 Å². The van der Waals surface area contributed by atoms with Gasteiger partial charge < -0.3 is 5.11 Å². The molecule has 0 spiro atoms. The second-order valence-electron chi connectivity index (χ2n) is 5.00. The van der Waals surface area contributed by atoms with E-state index in [-0.39, 0.29) is 0 Å². The van der Waals surface area contributed by atoms with Gasteiger partial charge >= 0.3 is 5.97 Å². The maximum absolute atomic E-state index is 10.6. The highest BCUT2D eigenvalue weighted by molar-refractivity contribution is 5.79. The SMILES string of the molecule is C=CC1CCCC(C=CC(=O)O)C1CCCC. The van der Waals surface area contributed by atoms with Crippen LogP contribution in [-0.2, 0) is 4.79 Å². The first-order valence-electron chi connectivity index (χ1n) is 6.72. The monoisotopic (exact) mass is 236 g/mol. The average molecular weight is 236 g/mol. The number of hydrogen-bond donors (Lipinski definition) is 1. The lowest BCUT2D eigenvalue weighted by molar-refractivity contribution is -0.131. The molecule has 3 atom stereocenters. The minimum atomic E-state index is -0.833. The highest BCUT2D eigenvalue weighted by atomic mass is 16.4. The van der Waals surface area contributed by atoms with E-state index in [0.29, 0.717) is 17.8 Å². The molecule has 0 heterocycles. The Morgan fingerprint density at radius 2 is 2.12 bits per heavy atom. The summed E-state index contributed by atoms with van der Waals surface area (Å²) in [5, 5.41) is 8.72. The normalized spacial score (nSPS) is 29.4. The molecule has 0 radical (unpaired) electrons. The fourth-order valence-corrected chi connectivity index (χ4v) is 2.94. The molecular weight excluding hydrogens is 212 g/mol. The van der Waals surface area contributed by atoms with Gasteiger partial charge in [0.25, 0.3) is 0 Å². The van der Waals surface area contributed by atoms with Crippen LogP contribution in [0.2, 0.25) is 0 Å². The maximum atomic E-state index is 10.6. The third kappa shape index (κ3) is 4.37. The molecule has 2 heteroatoms. The first-order valence-corrected chi connectivity index (χ1v) is 6.72. The van der Waals surface area contributed by atoms with Crippen molar-refractivity contribution in [2.45, 2.75) is 45.4 Å². The van der Waals surface area contributed by atoms with Crippen molar-refractivity contribution in [3.8, 4) is 0 Å². The first-order chi connectivity index (χ1) is 8.19. The van der Waals surface area contributed by atoms with E-state index in [1.807, 2.05) is 6.08 Å². The molecule has 17 heavy (non-hydrogen) atoms. The molecule has 2 nitrogen and oxygen atoms in total. The molecule has 1 aliphatic rings. The van der Waals surface area contributed by atoms with Crippen LogP contribution in [0.3, 0.4) is 0 Å². The fourth-order valence-electron chi connectivity index (χ4n) is 2.94. The largest absolute Gasteiger partial charge is 0.478 e. The Kier molecular flexibility index (Phi) is 6.03. The summed E-state index contributed by atoms with van der Waals surface area (Å²) < 4.78 is 0. The van der Waals surface area contributed by atoms with E-state index in [1.54, 1.807) is 0 Å². The van der Waals surface area contributed by atoms with E-state index >= 15 is 0 Å². The molecule has 1 saturated carbocycles. The number of carboxylic acid groups (broad SMARTS) is 1. The van der Waals surface area contributed by atoms with E-state index in [1.165, 1.54) is 38.2 Å². The molecule has 1 rings (SSSR count). The van der Waals surface area contributed by atoms with E-state index in [2.05, 4.69) is 19.6 Å². The van der Waals surface area contributed by atoms with Crippen molar-refractivity contribution in [1.29, 1.82) is 0 Å². The van der Waals surface area contributed by atoms with Crippen molar-refractivity contribution >= 4 is 5.97 Å². The van der Waals surface area contributed by atoms with Crippen LogP contribution < -0.4 is 0 Å². The van der Waals surface area contributed by atoms with Gasteiger partial charge in [0.05, 0.1) is 0 Å². The lowest BCUT2D eigenvalue weighted by Crippen LogP contribution is -2.26. The Labute approximate surface area is 104 Å². The van der Waals surface area contributed by atoms with Crippen molar-refractivity contribution in [2.24, 2.45) is 17.8 Å². The fraction of sp³-hybridized carbons (Fsp3) is 0.667. The van der Waals surface area contributed by atoms with E-state index in [4.69, 9.17) is 5.11 Å². The molecule has 1 aliphatic carbocycles. The first kappa shape index (κ1) is 14.0. The Balaban J connectivity index is 2.68. The van der Waals surface area contributed by atoms with Crippen LogP contribution in [0.15, 0.2) is 24.8 Å². The van der Waals surface area contributed by atoms with E-state index < -0.39 is 5.97 Å². The molecule has 96 valence electrons. The smallest absolute Gasteiger partial charge is 0.327 e. The number of carboxylic acids is 1. The van der Waals surface area contributed by atoms with Gasteiger partial charge in [-0.1, -0.05) is 38.3 Å². The lowest BCUT2D eigenvalue weighted by atomic mass is 9.70. The van der Waals surface area contributed by atoms with Crippen LogP contribution in [0, 0.1) is 17.8 Å². The number of allylic oxidation sites excluding steroid dienone is 2. The van der Waals surface area contributed by atoms with Gasteiger partial charge in [-0.15, -0.1) is 6.58 Å². The Morgan fingerprint density at radius 3 is 2.71 bits per heavy atom. The van der Waals surface area contributed by atoms with Crippen molar-refractivity contribution in [1.82, 2.24) is 0 Å². The molecule has 0 aromatic rings. The summed E-state index contributed by atoms with van der Waals surface area (Å²) in [6.45, 7) is 6.13. The summed E-state index contributed by atoms with van der Waals surface area (Å²) in [6.07, 6.45) is 12.4. The van der Waals surface area contributed by atoms with Gasteiger partial charge in [-0.25, -0.2) is 4.79 Å². The highest BCUT2D eigenvalue weighted by Crippen LogP contribution is 2.39. The topological polar surface area (TPSA) is 37.3 Å². The van der Waals surface area contributed by atoms with Gasteiger partial charge in [0.15, 0.2) is 0 Å². The van der Waals surface area contributed by atoms with Crippen LogP contribution in [-0.4, -0.2) is 11.1 Å². The number of hydrogen-bond acceptors (Lipinski definition) is 1. The molecule has 1 N–H and O–H groups in total. The summed E-state index contributed by atoms with van der Waals surface area (Å²) in [6, 6.07) is 0. The molecular formula is C15H24O2. The zero-order valence-electron chi connectivity index (χ0n) is 10.8. The summed E-state index contributed by atoms with van der Waals surface area (Å²) in [7, 11) is 0. The molecule has 3 unspecified atom stereocenters. The second kappa shape index (κ2) is 7.31. The van der Waals surface area contributed by atoms with Gasteiger partial charge in [-0.3, -0.25) is 0 Å². The summed E-state index contributed by atoms with van der Waals surface area (Å²) in [4.78, 5) is 10.6. The minimum Gasteiger partial charge on any atom is -0.478 e. The van der Waals surface area contributed by atoms with Gasteiger partial charge in [-0.2, -0.15) is 0 Å². The highest BCUT2D eigenvalue weighted by Gasteiger charge is 2.29. The summed E-state index contributed by atoms with van der Waals surface area (Å²) in [5.74, 6) is 0.755. The van der Waals surface area contributed by atoms with Crippen molar-refractivity contribution in [3.63, 3.8) is 0 Å². The summed E-state index contributed by atoms with van der Waals surface area (Å²) in [5.41, 5.74) is 0. The Bertz CT molecular complexity index is 281. The summed E-state index contributed by atoms with van der Waals surface area (Å²) >= 11 is 0. The van der Waals surface area contributed by atoms with Crippen LogP contribution in [0.1, 0.15) is 45.4 Å². The third-order valence-electron chi connectivity index (χ3n) is 3.85. The standard InChI is InChI=1S/C15H24O2/c1-3-5-9-14-12(4-2)7-6-8-13(14)10-11-15(16)17/h4,10-14H,2-3,5-9H2,1H3,(H,16,17). The zero-order valence-corrected chi connectivity index (χ0v) is 10.8. The minimum absolute atomic E-state index is 0.425. The zero-order chi connectivity index (χ0) is 12.7. The molecule has 0 aliphatic heterocycles.